The van der Waals surface area contributed by atoms with Crippen molar-refractivity contribution in [1.29, 1.82) is 5.41 Å². The summed E-state index contributed by atoms with van der Waals surface area (Å²) in [5, 5.41) is 11.6. The normalized spacial score (nSPS) is 17.6. The number of rotatable bonds is 2. The minimum Gasteiger partial charge on any atom is -0.369 e. The minimum atomic E-state index is -0.227. The van der Waals surface area contributed by atoms with Crippen molar-refractivity contribution < 1.29 is 4.39 Å². The van der Waals surface area contributed by atoms with Gasteiger partial charge < -0.3 is 5.73 Å². The molecule has 0 fully saturated rings. The molecule has 1 aliphatic rings. The Balaban J connectivity index is 0.00000225. The maximum absolute atomic E-state index is 14.2. The van der Waals surface area contributed by atoms with Gasteiger partial charge in [-0.15, -0.1) is 12.4 Å². The van der Waals surface area contributed by atoms with Gasteiger partial charge in [0.1, 0.15) is 5.82 Å². The first-order valence-electron chi connectivity index (χ1n) is 7.84. The SMILES string of the molecule is Cc1cc(C)c2c(n1)CC(c1ccccc1F)CC2=NNC(=N)N.Cl. The standard InChI is InChI=1S/C18H20FN5.ClH/c1-10-7-11(2)22-15-8-12(13-5-3-4-6-14(13)19)9-16(17(10)15)23-24-18(20)21;/h3-7,12H,8-9H2,1-2H3,(H4,20,21,24);1H. The molecule has 132 valence electrons. The van der Waals surface area contributed by atoms with Crippen molar-refractivity contribution in [3.05, 3.63) is 64.2 Å². The van der Waals surface area contributed by atoms with Gasteiger partial charge in [-0.2, -0.15) is 5.10 Å². The van der Waals surface area contributed by atoms with Crippen molar-refractivity contribution in [1.82, 2.24) is 10.4 Å². The summed E-state index contributed by atoms with van der Waals surface area (Å²) in [7, 11) is 0. The summed E-state index contributed by atoms with van der Waals surface area (Å²) in [4.78, 5) is 4.64. The van der Waals surface area contributed by atoms with Crippen molar-refractivity contribution in [2.45, 2.75) is 32.6 Å². The molecular formula is C18H21ClFN5. The Hall–Kier alpha value is -2.47. The van der Waals surface area contributed by atoms with E-state index < -0.39 is 0 Å². The van der Waals surface area contributed by atoms with E-state index in [1.807, 2.05) is 32.0 Å². The van der Waals surface area contributed by atoms with Crippen molar-refractivity contribution in [3.63, 3.8) is 0 Å². The van der Waals surface area contributed by atoms with Crippen LogP contribution in [0.15, 0.2) is 35.4 Å². The first kappa shape index (κ1) is 18.9. The second kappa shape index (κ2) is 7.61. The highest BCUT2D eigenvalue weighted by Crippen LogP contribution is 2.34. The summed E-state index contributed by atoms with van der Waals surface area (Å²) < 4.78 is 14.2. The molecule has 0 spiro atoms. The number of pyridine rings is 1. The summed E-state index contributed by atoms with van der Waals surface area (Å²) in [6, 6.07) is 8.82. The van der Waals surface area contributed by atoms with Crippen LogP contribution in [0, 0.1) is 25.1 Å². The second-order valence-corrected chi connectivity index (χ2v) is 6.11. The lowest BCUT2D eigenvalue weighted by Gasteiger charge is -2.27. The van der Waals surface area contributed by atoms with E-state index in [4.69, 9.17) is 11.1 Å². The number of hydrogen-bond acceptors (Lipinski definition) is 3. The van der Waals surface area contributed by atoms with Crippen LogP contribution < -0.4 is 11.2 Å². The molecular weight excluding hydrogens is 341 g/mol. The van der Waals surface area contributed by atoms with Gasteiger partial charge in [0.25, 0.3) is 0 Å². The van der Waals surface area contributed by atoms with Gasteiger partial charge in [-0.05, 0) is 55.9 Å². The van der Waals surface area contributed by atoms with Crippen LogP contribution in [0.5, 0.6) is 0 Å². The zero-order valence-corrected chi connectivity index (χ0v) is 15.0. The molecule has 5 nitrogen and oxygen atoms in total. The highest BCUT2D eigenvalue weighted by Gasteiger charge is 2.29. The van der Waals surface area contributed by atoms with E-state index in [0.717, 1.165) is 28.2 Å². The molecule has 1 heterocycles. The molecule has 0 radical (unpaired) electrons. The summed E-state index contributed by atoms with van der Waals surface area (Å²) in [6.07, 6.45) is 1.23. The fraction of sp³-hybridized carbons (Fsp3) is 0.278. The van der Waals surface area contributed by atoms with Crippen LogP contribution in [0.2, 0.25) is 0 Å². The molecule has 3 rings (SSSR count). The van der Waals surface area contributed by atoms with Crippen molar-refractivity contribution in [2.24, 2.45) is 10.8 Å². The number of hydrazone groups is 1. The fourth-order valence-corrected chi connectivity index (χ4v) is 3.35. The second-order valence-electron chi connectivity index (χ2n) is 6.11. The number of hydrogen-bond donors (Lipinski definition) is 3. The molecule has 1 aliphatic carbocycles. The number of halogens is 2. The molecule has 0 saturated carbocycles. The van der Waals surface area contributed by atoms with E-state index in [2.05, 4.69) is 15.5 Å². The number of aryl methyl sites for hydroxylation is 2. The summed E-state index contributed by atoms with van der Waals surface area (Å²) in [5.74, 6) is -0.483. The van der Waals surface area contributed by atoms with E-state index in [0.29, 0.717) is 18.4 Å². The topological polar surface area (TPSA) is 87.2 Å². The van der Waals surface area contributed by atoms with Crippen molar-refractivity contribution in [2.75, 3.05) is 0 Å². The predicted octanol–water partition coefficient (Wildman–Crippen LogP) is 3.18. The average molecular weight is 362 g/mol. The van der Waals surface area contributed by atoms with Crippen LogP contribution in [0.25, 0.3) is 0 Å². The van der Waals surface area contributed by atoms with Gasteiger partial charge >= 0.3 is 0 Å². The zero-order valence-electron chi connectivity index (χ0n) is 14.1. The maximum atomic E-state index is 14.2. The van der Waals surface area contributed by atoms with Gasteiger partial charge in [-0.3, -0.25) is 10.4 Å². The quantitative estimate of drug-likeness (QED) is 0.436. The largest absolute Gasteiger partial charge is 0.369 e. The van der Waals surface area contributed by atoms with Crippen molar-refractivity contribution >= 4 is 24.1 Å². The number of nitrogens with one attached hydrogen (secondary N) is 2. The Morgan fingerprint density at radius 1 is 1.32 bits per heavy atom. The first-order chi connectivity index (χ1) is 11.5. The smallest absolute Gasteiger partial charge is 0.206 e. The lowest BCUT2D eigenvalue weighted by Crippen LogP contribution is -2.30. The molecule has 4 N–H and O–H groups in total. The highest BCUT2D eigenvalue weighted by atomic mass is 35.5. The van der Waals surface area contributed by atoms with Crippen LogP contribution in [-0.4, -0.2) is 16.7 Å². The molecule has 0 saturated heterocycles. The number of benzene rings is 1. The molecule has 25 heavy (non-hydrogen) atoms. The van der Waals surface area contributed by atoms with Gasteiger partial charge in [-0.25, -0.2) is 9.82 Å². The number of nitrogens with two attached hydrogens (primary N) is 1. The van der Waals surface area contributed by atoms with Crippen LogP contribution in [0.4, 0.5) is 4.39 Å². The number of guanidine groups is 1. The highest BCUT2D eigenvalue weighted by molar-refractivity contribution is 6.04. The monoisotopic (exact) mass is 361 g/mol. The Morgan fingerprint density at radius 3 is 2.72 bits per heavy atom. The van der Waals surface area contributed by atoms with Gasteiger partial charge in [0.2, 0.25) is 5.96 Å². The van der Waals surface area contributed by atoms with Gasteiger partial charge in [0, 0.05) is 11.3 Å². The van der Waals surface area contributed by atoms with E-state index in [1.54, 1.807) is 6.07 Å². The fourth-order valence-electron chi connectivity index (χ4n) is 3.35. The van der Waals surface area contributed by atoms with E-state index in [1.165, 1.54) is 6.07 Å². The van der Waals surface area contributed by atoms with Gasteiger partial charge in [0.05, 0.1) is 11.4 Å². The van der Waals surface area contributed by atoms with Gasteiger partial charge in [0.15, 0.2) is 0 Å². The van der Waals surface area contributed by atoms with Crippen LogP contribution >= 0.6 is 12.4 Å². The molecule has 1 unspecified atom stereocenters. The Kier molecular flexibility index (Phi) is 5.74. The van der Waals surface area contributed by atoms with Crippen LogP contribution in [-0.2, 0) is 6.42 Å². The Labute approximate surface area is 152 Å². The summed E-state index contributed by atoms with van der Waals surface area (Å²) >= 11 is 0. The molecule has 7 heteroatoms. The third kappa shape index (κ3) is 3.96. The van der Waals surface area contributed by atoms with E-state index in [9.17, 15) is 4.39 Å². The average Bonchev–Trinajstić information content (AvgIpc) is 2.52. The van der Waals surface area contributed by atoms with Crippen molar-refractivity contribution in [3.8, 4) is 0 Å². The van der Waals surface area contributed by atoms with E-state index in [-0.39, 0.29) is 30.1 Å². The molecule has 1 aromatic heterocycles. The minimum absolute atomic E-state index is 0. The van der Waals surface area contributed by atoms with Crippen LogP contribution in [0.1, 0.15) is 40.4 Å². The zero-order chi connectivity index (χ0) is 17.3. The third-order valence-corrected chi connectivity index (χ3v) is 4.24. The number of aromatic nitrogens is 1. The lowest BCUT2D eigenvalue weighted by molar-refractivity contribution is 0.571. The molecule has 1 atom stereocenters. The summed E-state index contributed by atoms with van der Waals surface area (Å²) in [5.41, 5.74) is 13.2. The number of fused-ring (bicyclic) bond motifs is 1. The third-order valence-electron chi connectivity index (χ3n) is 4.24. The molecule has 0 bridgehead atoms. The number of nitrogens with zero attached hydrogens (tertiary/aromatic N) is 2. The molecule has 1 aromatic carbocycles. The first-order valence-corrected chi connectivity index (χ1v) is 7.84. The Morgan fingerprint density at radius 2 is 2.04 bits per heavy atom. The maximum Gasteiger partial charge on any atom is 0.206 e. The van der Waals surface area contributed by atoms with Gasteiger partial charge in [-0.1, -0.05) is 18.2 Å². The molecule has 0 aliphatic heterocycles. The Bertz CT molecular complexity index is 834. The molecule has 0 amide bonds. The summed E-state index contributed by atoms with van der Waals surface area (Å²) in [6.45, 7) is 3.96. The molecule has 2 aromatic rings. The van der Waals surface area contributed by atoms with Crippen LogP contribution in [0.3, 0.4) is 0 Å². The predicted molar refractivity (Wildman–Crippen MR) is 100 cm³/mol. The van der Waals surface area contributed by atoms with E-state index >= 15 is 0 Å². The lowest BCUT2D eigenvalue weighted by atomic mass is 9.79.